The lowest BCUT2D eigenvalue weighted by atomic mass is 10.1. The molecule has 0 unspecified atom stereocenters. The molecule has 0 radical (unpaired) electrons. The van der Waals surface area contributed by atoms with Crippen LogP contribution in [0.3, 0.4) is 0 Å². The van der Waals surface area contributed by atoms with E-state index in [2.05, 4.69) is 10.3 Å². The molecule has 2 heterocycles. The molecular formula is C22H23N3O4S2. The minimum atomic E-state index is -3.49. The maximum absolute atomic E-state index is 12.6. The largest absolute Gasteiger partial charge is 0.496 e. The van der Waals surface area contributed by atoms with Crippen molar-refractivity contribution in [1.29, 1.82) is 0 Å². The van der Waals surface area contributed by atoms with Gasteiger partial charge in [0, 0.05) is 29.6 Å². The molecule has 0 saturated carbocycles. The predicted octanol–water partition coefficient (Wildman–Crippen LogP) is 4.16. The van der Waals surface area contributed by atoms with E-state index < -0.39 is 10.0 Å². The first kappa shape index (κ1) is 21.5. The highest BCUT2D eigenvalue weighted by Crippen LogP contribution is 2.29. The van der Waals surface area contributed by atoms with Crippen molar-refractivity contribution < 1.29 is 17.9 Å². The van der Waals surface area contributed by atoms with Gasteiger partial charge in [-0.05, 0) is 67.8 Å². The Morgan fingerprint density at radius 2 is 1.84 bits per heavy atom. The second-order valence-corrected chi connectivity index (χ2v) is 10.1. The Morgan fingerprint density at radius 1 is 1.13 bits per heavy atom. The SMILES string of the molecule is COc1ccc(-c2csc(NC(=O)c3ccc(S(=O)(=O)N4CCCC4)cc3)n2)cc1C. The number of nitrogens with one attached hydrogen (secondary N) is 1. The average molecular weight is 458 g/mol. The summed E-state index contributed by atoms with van der Waals surface area (Å²) in [6.45, 7) is 3.06. The van der Waals surface area contributed by atoms with Crippen molar-refractivity contribution in [3.8, 4) is 17.0 Å². The van der Waals surface area contributed by atoms with Gasteiger partial charge < -0.3 is 4.74 Å². The van der Waals surface area contributed by atoms with Crippen LogP contribution < -0.4 is 10.1 Å². The van der Waals surface area contributed by atoms with Gasteiger partial charge in [-0.1, -0.05) is 0 Å². The number of methoxy groups -OCH3 is 1. The summed E-state index contributed by atoms with van der Waals surface area (Å²) < 4.78 is 32.0. The molecule has 9 heteroatoms. The second-order valence-electron chi connectivity index (χ2n) is 7.31. The third-order valence-corrected chi connectivity index (χ3v) is 7.91. The van der Waals surface area contributed by atoms with Crippen molar-refractivity contribution in [3.63, 3.8) is 0 Å². The average Bonchev–Trinajstić information content (AvgIpc) is 3.46. The number of benzene rings is 2. The number of rotatable bonds is 6. The fourth-order valence-electron chi connectivity index (χ4n) is 3.53. The van der Waals surface area contributed by atoms with Gasteiger partial charge >= 0.3 is 0 Å². The Kier molecular flexibility index (Phi) is 6.08. The number of nitrogens with zero attached hydrogens (tertiary/aromatic N) is 2. The molecule has 0 bridgehead atoms. The Morgan fingerprint density at radius 3 is 2.48 bits per heavy atom. The van der Waals surface area contributed by atoms with Gasteiger partial charge in [0.1, 0.15) is 5.75 Å². The van der Waals surface area contributed by atoms with E-state index in [0.717, 1.165) is 35.4 Å². The van der Waals surface area contributed by atoms with E-state index in [9.17, 15) is 13.2 Å². The van der Waals surface area contributed by atoms with Crippen molar-refractivity contribution in [2.75, 3.05) is 25.5 Å². The summed E-state index contributed by atoms with van der Waals surface area (Å²) in [6.07, 6.45) is 1.76. The molecular weight excluding hydrogens is 434 g/mol. The Balaban J connectivity index is 1.46. The molecule has 3 aromatic rings. The van der Waals surface area contributed by atoms with Gasteiger partial charge in [-0.2, -0.15) is 4.31 Å². The second kappa shape index (κ2) is 8.78. The topological polar surface area (TPSA) is 88.6 Å². The first-order chi connectivity index (χ1) is 14.9. The number of ether oxygens (including phenoxy) is 1. The number of hydrogen-bond donors (Lipinski definition) is 1. The summed E-state index contributed by atoms with van der Waals surface area (Å²) in [5, 5.41) is 5.13. The van der Waals surface area contributed by atoms with E-state index in [1.54, 1.807) is 7.11 Å². The fraction of sp³-hybridized carbons (Fsp3) is 0.273. The third kappa shape index (κ3) is 4.48. The van der Waals surface area contributed by atoms with Crippen LogP contribution in [-0.2, 0) is 10.0 Å². The van der Waals surface area contributed by atoms with Crippen LogP contribution in [-0.4, -0.2) is 43.8 Å². The van der Waals surface area contributed by atoms with Gasteiger partial charge in [0.25, 0.3) is 5.91 Å². The monoisotopic (exact) mass is 457 g/mol. The molecule has 1 aliphatic rings. The van der Waals surface area contributed by atoms with E-state index in [1.807, 2.05) is 30.5 Å². The number of aryl methyl sites for hydroxylation is 1. The minimum absolute atomic E-state index is 0.206. The number of carbonyl (C=O) groups is 1. The number of thiazole rings is 1. The summed E-state index contributed by atoms with van der Waals surface area (Å²) >= 11 is 1.33. The molecule has 0 atom stereocenters. The van der Waals surface area contributed by atoms with E-state index in [0.29, 0.717) is 23.8 Å². The van der Waals surface area contributed by atoms with Gasteiger partial charge in [0.15, 0.2) is 5.13 Å². The zero-order valence-electron chi connectivity index (χ0n) is 17.3. The Hall–Kier alpha value is -2.75. The molecule has 1 amide bonds. The number of hydrogen-bond acceptors (Lipinski definition) is 6. The maximum atomic E-state index is 12.6. The molecule has 1 aromatic heterocycles. The van der Waals surface area contributed by atoms with E-state index in [4.69, 9.17) is 4.74 Å². The zero-order chi connectivity index (χ0) is 22.0. The first-order valence-corrected chi connectivity index (χ1v) is 12.2. The van der Waals surface area contributed by atoms with E-state index >= 15 is 0 Å². The maximum Gasteiger partial charge on any atom is 0.257 e. The highest BCUT2D eigenvalue weighted by Gasteiger charge is 2.27. The van der Waals surface area contributed by atoms with Crippen LogP contribution in [0, 0.1) is 6.92 Å². The van der Waals surface area contributed by atoms with Crippen LogP contribution >= 0.6 is 11.3 Å². The number of sulfonamides is 1. The van der Waals surface area contributed by atoms with Gasteiger partial charge in [0.2, 0.25) is 10.0 Å². The van der Waals surface area contributed by atoms with Crippen LogP contribution in [0.15, 0.2) is 52.7 Å². The molecule has 1 aliphatic heterocycles. The smallest absolute Gasteiger partial charge is 0.257 e. The lowest BCUT2D eigenvalue weighted by Crippen LogP contribution is -2.27. The molecule has 7 nitrogen and oxygen atoms in total. The third-order valence-electron chi connectivity index (χ3n) is 5.23. The normalized spacial score (nSPS) is 14.5. The van der Waals surface area contributed by atoms with Crippen molar-refractivity contribution in [3.05, 3.63) is 59.0 Å². The zero-order valence-corrected chi connectivity index (χ0v) is 18.9. The van der Waals surface area contributed by atoms with Crippen LogP contribution in [0.2, 0.25) is 0 Å². The number of aromatic nitrogens is 1. The Bertz CT molecular complexity index is 1200. The van der Waals surface area contributed by atoms with Crippen LogP contribution in [0.4, 0.5) is 5.13 Å². The van der Waals surface area contributed by atoms with Gasteiger partial charge in [-0.15, -0.1) is 11.3 Å². The predicted molar refractivity (Wildman–Crippen MR) is 121 cm³/mol. The molecule has 0 spiro atoms. The summed E-state index contributed by atoms with van der Waals surface area (Å²) in [7, 11) is -1.86. The van der Waals surface area contributed by atoms with Crippen LogP contribution in [0.1, 0.15) is 28.8 Å². The van der Waals surface area contributed by atoms with E-state index in [1.165, 1.54) is 39.9 Å². The lowest BCUT2D eigenvalue weighted by Gasteiger charge is -2.15. The van der Waals surface area contributed by atoms with Crippen molar-refractivity contribution >= 4 is 32.4 Å². The van der Waals surface area contributed by atoms with E-state index in [-0.39, 0.29) is 10.8 Å². The standard InChI is InChI=1S/C22H23N3O4S2/c1-15-13-17(7-10-20(15)29-2)19-14-30-22(23-19)24-21(26)16-5-8-18(9-6-16)31(27,28)25-11-3-4-12-25/h5-10,13-14H,3-4,11-12H2,1-2H3,(H,23,24,26). The summed E-state index contributed by atoms with van der Waals surface area (Å²) in [4.78, 5) is 17.3. The van der Waals surface area contributed by atoms with Crippen molar-refractivity contribution in [2.45, 2.75) is 24.7 Å². The van der Waals surface area contributed by atoms with Crippen molar-refractivity contribution in [2.24, 2.45) is 0 Å². The molecule has 0 aliphatic carbocycles. The summed E-state index contributed by atoms with van der Waals surface area (Å²) in [6, 6.07) is 11.8. The number of carbonyl (C=O) groups excluding carboxylic acids is 1. The number of anilines is 1. The molecule has 4 rings (SSSR count). The van der Waals surface area contributed by atoms with Gasteiger partial charge in [-0.3, -0.25) is 10.1 Å². The fourth-order valence-corrected chi connectivity index (χ4v) is 5.76. The highest BCUT2D eigenvalue weighted by molar-refractivity contribution is 7.89. The van der Waals surface area contributed by atoms with Crippen LogP contribution in [0.5, 0.6) is 5.75 Å². The quantitative estimate of drug-likeness (QED) is 0.600. The lowest BCUT2D eigenvalue weighted by molar-refractivity contribution is 0.102. The molecule has 2 aromatic carbocycles. The Labute approximate surface area is 185 Å². The summed E-state index contributed by atoms with van der Waals surface area (Å²) in [5.41, 5.74) is 3.07. The molecule has 162 valence electrons. The van der Waals surface area contributed by atoms with Crippen LogP contribution in [0.25, 0.3) is 11.3 Å². The molecule has 1 saturated heterocycles. The van der Waals surface area contributed by atoms with Crippen molar-refractivity contribution in [1.82, 2.24) is 9.29 Å². The first-order valence-electron chi connectivity index (χ1n) is 9.90. The molecule has 1 N–H and O–H groups in total. The number of amides is 1. The highest BCUT2D eigenvalue weighted by atomic mass is 32.2. The minimum Gasteiger partial charge on any atom is -0.496 e. The van der Waals surface area contributed by atoms with Gasteiger partial charge in [0.05, 0.1) is 17.7 Å². The van der Waals surface area contributed by atoms with Gasteiger partial charge in [-0.25, -0.2) is 13.4 Å². The molecule has 1 fully saturated rings. The summed E-state index contributed by atoms with van der Waals surface area (Å²) in [5.74, 6) is 0.472. The molecule has 31 heavy (non-hydrogen) atoms.